The Bertz CT molecular complexity index is 1530. The highest BCUT2D eigenvalue weighted by Gasteiger charge is 2.31. The largest absolute Gasteiger partial charge is 0.481 e. The number of piperidine rings is 1. The Hall–Kier alpha value is -4.04. The number of pyridine rings is 1. The zero-order chi connectivity index (χ0) is 32.1. The normalized spacial score (nSPS) is 16.6. The van der Waals surface area contributed by atoms with Gasteiger partial charge in [-0.25, -0.2) is 9.97 Å². The zero-order valence-corrected chi connectivity index (χ0v) is 25.4. The quantitative estimate of drug-likeness (QED) is 0.269. The van der Waals surface area contributed by atoms with Crippen LogP contribution in [0.25, 0.3) is 22.4 Å². The number of alkyl halides is 2. The highest BCUT2D eigenvalue weighted by atomic mass is 32.1. The molecule has 2 amide bonds. The highest BCUT2D eigenvalue weighted by Crippen LogP contribution is 2.40. The van der Waals surface area contributed by atoms with Gasteiger partial charge in [-0.1, -0.05) is 11.3 Å². The number of carboxylic acid groups (broad SMARTS) is 1. The van der Waals surface area contributed by atoms with Gasteiger partial charge in [0.15, 0.2) is 5.13 Å². The Kier molecular flexibility index (Phi) is 10.3. The smallest absolute Gasteiger partial charge is 0.387 e. The van der Waals surface area contributed by atoms with Crippen molar-refractivity contribution in [2.75, 3.05) is 36.6 Å². The van der Waals surface area contributed by atoms with Crippen LogP contribution in [0.3, 0.4) is 0 Å². The number of benzene rings is 1. The SMILES string of the molecule is CN(C(=O)[C@@H](CC(=O)O)CC1CCOCC1)c1nc(-c2cc(OC(F)F)ccc2-c2ccc(N3CCCCC3=O)nc2)c(F)s1. The maximum absolute atomic E-state index is 15.6. The second kappa shape index (κ2) is 14.4. The number of hydrogen-bond donors (Lipinski definition) is 1. The van der Waals surface area contributed by atoms with E-state index in [1.807, 2.05) is 0 Å². The summed E-state index contributed by atoms with van der Waals surface area (Å²) in [6.45, 7) is -1.48. The van der Waals surface area contributed by atoms with Crippen LogP contribution in [0.2, 0.25) is 0 Å². The van der Waals surface area contributed by atoms with E-state index in [-0.39, 0.29) is 40.4 Å². The maximum Gasteiger partial charge on any atom is 0.387 e. The van der Waals surface area contributed by atoms with Crippen LogP contribution in [0.4, 0.5) is 24.1 Å². The molecule has 2 aliphatic rings. The Labute approximate surface area is 261 Å². The molecule has 4 heterocycles. The Balaban J connectivity index is 1.46. The van der Waals surface area contributed by atoms with E-state index < -0.39 is 29.5 Å². The number of aliphatic carboxylic acids is 1. The molecule has 10 nitrogen and oxygen atoms in total. The van der Waals surface area contributed by atoms with Crippen molar-refractivity contribution >= 4 is 40.1 Å². The van der Waals surface area contributed by atoms with Gasteiger partial charge in [0.05, 0.1) is 6.42 Å². The minimum atomic E-state index is -3.12. The third-order valence-corrected chi connectivity index (χ3v) is 8.97. The van der Waals surface area contributed by atoms with Crippen molar-refractivity contribution in [1.29, 1.82) is 0 Å². The number of ether oxygens (including phenoxy) is 2. The number of thiazole rings is 1. The van der Waals surface area contributed by atoms with Crippen LogP contribution in [0.1, 0.15) is 44.9 Å². The third kappa shape index (κ3) is 7.79. The number of carbonyl (C=O) groups excluding carboxylic acids is 2. The van der Waals surface area contributed by atoms with Crippen LogP contribution in [0.15, 0.2) is 36.5 Å². The van der Waals surface area contributed by atoms with Gasteiger partial charge in [0.2, 0.25) is 16.9 Å². The molecule has 2 fully saturated rings. The number of aromatic nitrogens is 2. The lowest BCUT2D eigenvalue weighted by atomic mass is 9.86. The number of halogens is 3. The standard InChI is InChI=1S/C31H33F3N4O6S/c1-37(29(42)20(15-26(40)41)14-18-9-12-43-13-10-18)31-36-27(28(32)45-31)23-16-21(44-30(33)34)6-7-22(23)19-5-8-24(35-17-19)38-11-3-2-4-25(38)39/h5-8,16-18,20,30H,2-4,9-15H2,1H3,(H,40,41)/t20-/m1/s1. The maximum atomic E-state index is 15.6. The number of nitrogens with zero attached hydrogens (tertiary/aromatic N) is 4. The van der Waals surface area contributed by atoms with Crippen molar-refractivity contribution in [2.24, 2.45) is 11.8 Å². The molecule has 5 rings (SSSR count). The first-order valence-electron chi connectivity index (χ1n) is 14.7. The van der Waals surface area contributed by atoms with Crippen molar-refractivity contribution in [3.05, 3.63) is 41.7 Å². The summed E-state index contributed by atoms with van der Waals surface area (Å²) in [5.74, 6) is -2.12. The molecule has 2 saturated heterocycles. The fourth-order valence-corrected chi connectivity index (χ4v) is 6.51. The molecule has 2 aliphatic heterocycles. The molecule has 45 heavy (non-hydrogen) atoms. The second-order valence-electron chi connectivity index (χ2n) is 11.1. The summed E-state index contributed by atoms with van der Waals surface area (Å²) >= 11 is 0.584. The van der Waals surface area contributed by atoms with Gasteiger partial charge in [0, 0.05) is 56.5 Å². The van der Waals surface area contributed by atoms with Gasteiger partial charge in [0.25, 0.3) is 0 Å². The van der Waals surface area contributed by atoms with Crippen LogP contribution in [0.5, 0.6) is 5.75 Å². The molecule has 0 radical (unpaired) electrons. The molecule has 14 heteroatoms. The minimum absolute atomic E-state index is 0.0157. The summed E-state index contributed by atoms with van der Waals surface area (Å²) in [5, 5.41) is 8.69. The summed E-state index contributed by atoms with van der Waals surface area (Å²) < 4.78 is 51.8. The van der Waals surface area contributed by atoms with E-state index in [0.29, 0.717) is 73.7 Å². The first-order valence-corrected chi connectivity index (χ1v) is 15.5. The fourth-order valence-electron chi connectivity index (χ4n) is 5.74. The number of amides is 2. The lowest BCUT2D eigenvalue weighted by Gasteiger charge is -2.27. The van der Waals surface area contributed by atoms with Gasteiger partial charge in [-0.15, -0.1) is 0 Å². The molecule has 240 valence electrons. The summed E-state index contributed by atoms with van der Waals surface area (Å²) in [6.07, 6.45) is 5.03. The highest BCUT2D eigenvalue weighted by molar-refractivity contribution is 7.14. The van der Waals surface area contributed by atoms with E-state index in [4.69, 9.17) is 4.74 Å². The van der Waals surface area contributed by atoms with Crippen LogP contribution >= 0.6 is 11.3 Å². The predicted molar refractivity (Wildman–Crippen MR) is 161 cm³/mol. The summed E-state index contributed by atoms with van der Waals surface area (Å²) in [4.78, 5) is 49.0. The number of carboxylic acids is 1. The van der Waals surface area contributed by atoms with Crippen molar-refractivity contribution in [1.82, 2.24) is 9.97 Å². The van der Waals surface area contributed by atoms with Crippen molar-refractivity contribution in [2.45, 2.75) is 51.6 Å². The van der Waals surface area contributed by atoms with E-state index in [0.717, 1.165) is 17.7 Å². The Morgan fingerprint density at radius 2 is 1.96 bits per heavy atom. The lowest BCUT2D eigenvalue weighted by Crippen LogP contribution is -2.35. The Morgan fingerprint density at radius 1 is 1.18 bits per heavy atom. The minimum Gasteiger partial charge on any atom is -0.481 e. The van der Waals surface area contributed by atoms with Crippen LogP contribution in [-0.2, 0) is 19.1 Å². The number of hydrogen-bond acceptors (Lipinski definition) is 8. The monoisotopic (exact) mass is 646 g/mol. The van der Waals surface area contributed by atoms with E-state index in [1.165, 1.54) is 31.4 Å². The molecule has 1 atom stereocenters. The first-order chi connectivity index (χ1) is 21.6. The van der Waals surface area contributed by atoms with E-state index in [9.17, 15) is 28.3 Å². The molecular weight excluding hydrogens is 613 g/mol. The van der Waals surface area contributed by atoms with Crippen LogP contribution in [0, 0.1) is 17.0 Å². The average Bonchev–Trinajstić information content (AvgIpc) is 3.41. The third-order valence-electron chi connectivity index (χ3n) is 8.05. The fraction of sp³-hybridized carbons (Fsp3) is 0.452. The molecule has 0 spiro atoms. The molecule has 0 unspecified atom stereocenters. The number of anilines is 2. The summed E-state index contributed by atoms with van der Waals surface area (Å²) in [6, 6.07) is 7.42. The van der Waals surface area contributed by atoms with Gasteiger partial charge in [-0.2, -0.15) is 13.2 Å². The van der Waals surface area contributed by atoms with Gasteiger partial charge in [0.1, 0.15) is 17.3 Å². The molecular formula is C31H33F3N4O6S. The van der Waals surface area contributed by atoms with Gasteiger partial charge in [-0.3, -0.25) is 24.2 Å². The van der Waals surface area contributed by atoms with Crippen LogP contribution in [-0.4, -0.2) is 66.3 Å². The second-order valence-corrected chi connectivity index (χ2v) is 12.0. The summed E-state index contributed by atoms with van der Waals surface area (Å²) in [7, 11) is 1.41. The molecule has 2 aromatic heterocycles. The number of rotatable bonds is 11. The van der Waals surface area contributed by atoms with E-state index >= 15 is 4.39 Å². The topological polar surface area (TPSA) is 122 Å². The molecule has 0 aliphatic carbocycles. The van der Waals surface area contributed by atoms with E-state index in [1.54, 1.807) is 17.0 Å². The lowest BCUT2D eigenvalue weighted by molar-refractivity contribution is -0.141. The molecule has 0 bridgehead atoms. The van der Waals surface area contributed by atoms with Gasteiger partial charge >= 0.3 is 12.6 Å². The first kappa shape index (κ1) is 32.4. The molecule has 0 saturated carbocycles. The zero-order valence-electron chi connectivity index (χ0n) is 24.6. The molecule has 3 aromatic rings. The van der Waals surface area contributed by atoms with E-state index in [2.05, 4.69) is 14.7 Å². The Morgan fingerprint density at radius 3 is 2.62 bits per heavy atom. The van der Waals surface area contributed by atoms with Crippen LogP contribution < -0.4 is 14.5 Å². The molecule has 1 aromatic carbocycles. The van der Waals surface area contributed by atoms with Gasteiger partial charge < -0.3 is 14.6 Å². The molecule has 1 N–H and O–H groups in total. The average molecular weight is 647 g/mol. The van der Waals surface area contributed by atoms with Crippen molar-refractivity contribution < 1.29 is 42.1 Å². The van der Waals surface area contributed by atoms with Crippen molar-refractivity contribution in [3.63, 3.8) is 0 Å². The van der Waals surface area contributed by atoms with Crippen molar-refractivity contribution in [3.8, 4) is 28.1 Å². The summed E-state index contributed by atoms with van der Waals surface area (Å²) in [5.41, 5.74) is 0.854. The predicted octanol–water partition coefficient (Wildman–Crippen LogP) is 6.00. The van der Waals surface area contributed by atoms with Gasteiger partial charge in [-0.05, 0) is 73.9 Å². The number of carbonyl (C=O) groups is 3.